The maximum Gasteiger partial charge on any atom is 0.191 e. The van der Waals surface area contributed by atoms with Crippen molar-refractivity contribution in [3.05, 3.63) is 45.6 Å². The first-order valence-electron chi connectivity index (χ1n) is 7.95. The van der Waals surface area contributed by atoms with Crippen molar-refractivity contribution in [3.63, 3.8) is 0 Å². The van der Waals surface area contributed by atoms with Gasteiger partial charge in [0.05, 0.1) is 20.3 Å². The Labute approximate surface area is 147 Å². The third kappa shape index (κ3) is 4.89. The van der Waals surface area contributed by atoms with Crippen molar-refractivity contribution in [3.8, 4) is 11.5 Å². The molecule has 130 valence electrons. The fraction of sp³-hybridized carbons (Fsp3) is 0.389. The minimum Gasteiger partial charge on any atom is -0.493 e. The van der Waals surface area contributed by atoms with E-state index in [-0.39, 0.29) is 0 Å². The zero-order valence-electron chi connectivity index (χ0n) is 14.7. The predicted molar refractivity (Wildman–Crippen MR) is 100 cm³/mol. The molecule has 1 aromatic heterocycles. The average molecular weight is 347 g/mol. The second-order valence-electron chi connectivity index (χ2n) is 5.22. The molecule has 0 aliphatic heterocycles. The van der Waals surface area contributed by atoms with Gasteiger partial charge >= 0.3 is 0 Å². The number of benzene rings is 1. The highest BCUT2D eigenvalue weighted by Gasteiger charge is 2.06. The van der Waals surface area contributed by atoms with Crippen LogP contribution < -0.4 is 20.1 Å². The van der Waals surface area contributed by atoms with Crippen LogP contribution in [0.25, 0.3) is 0 Å². The number of methoxy groups -OCH3 is 1. The SMILES string of the molecule is CCOc1cc(CNC(=NC)NCc2sccc2C)ccc1OC. The van der Waals surface area contributed by atoms with Crippen LogP contribution in [0.1, 0.15) is 22.9 Å². The largest absolute Gasteiger partial charge is 0.493 e. The molecule has 0 amide bonds. The number of thiophene rings is 1. The van der Waals surface area contributed by atoms with E-state index in [1.54, 1.807) is 25.5 Å². The van der Waals surface area contributed by atoms with Gasteiger partial charge in [-0.1, -0.05) is 6.07 Å². The summed E-state index contributed by atoms with van der Waals surface area (Å²) in [5.41, 5.74) is 2.41. The number of nitrogens with zero attached hydrogens (tertiary/aromatic N) is 1. The first-order valence-corrected chi connectivity index (χ1v) is 8.83. The molecule has 0 saturated heterocycles. The van der Waals surface area contributed by atoms with Gasteiger partial charge in [0.25, 0.3) is 0 Å². The molecule has 24 heavy (non-hydrogen) atoms. The molecular weight excluding hydrogens is 322 g/mol. The Balaban J connectivity index is 1.93. The standard InChI is InChI=1S/C18H25N3O2S/c1-5-23-16-10-14(6-7-15(16)22-4)11-20-18(19-3)21-12-17-13(2)8-9-24-17/h6-10H,5,11-12H2,1-4H3,(H2,19,20,21). The molecule has 5 nitrogen and oxygen atoms in total. The van der Waals surface area contributed by atoms with Crippen LogP contribution in [0, 0.1) is 6.92 Å². The molecule has 6 heteroatoms. The number of nitrogens with one attached hydrogen (secondary N) is 2. The van der Waals surface area contributed by atoms with Crippen LogP contribution in [0.3, 0.4) is 0 Å². The van der Waals surface area contributed by atoms with Gasteiger partial charge in [0, 0.05) is 18.5 Å². The van der Waals surface area contributed by atoms with Crippen molar-refractivity contribution in [1.82, 2.24) is 10.6 Å². The van der Waals surface area contributed by atoms with Crippen LogP contribution in [0.15, 0.2) is 34.6 Å². The molecule has 0 atom stereocenters. The Morgan fingerprint density at radius 1 is 1.17 bits per heavy atom. The molecular formula is C18H25N3O2S. The highest BCUT2D eigenvalue weighted by molar-refractivity contribution is 7.10. The van der Waals surface area contributed by atoms with E-state index in [1.165, 1.54) is 10.4 Å². The molecule has 0 fully saturated rings. The van der Waals surface area contributed by atoms with Crippen LogP contribution in [0.5, 0.6) is 11.5 Å². The molecule has 2 N–H and O–H groups in total. The van der Waals surface area contributed by atoms with Crippen molar-refractivity contribution in [2.24, 2.45) is 4.99 Å². The van der Waals surface area contributed by atoms with E-state index in [4.69, 9.17) is 9.47 Å². The van der Waals surface area contributed by atoms with Crippen LogP contribution in [-0.4, -0.2) is 26.7 Å². The van der Waals surface area contributed by atoms with E-state index in [1.807, 2.05) is 25.1 Å². The normalized spacial score (nSPS) is 11.2. The van der Waals surface area contributed by atoms with Crippen LogP contribution in [0.2, 0.25) is 0 Å². The van der Waals surface area contributed by atoms with Gasteiger partial charge in [-0.2, -0.15) is 0 Å². The number of ether oxygens (including phenoxy) is 2. The maximum absolute atomic E-state index is 5.61. The van der Waals surface area contributed by atoms with Gasteiger partial charge < -0.3 is 20.1 Å². The summed E-state index contributed by atoms with van der Waals surface area (Å²) >= 11 is 1.75. The van der Waals surface area contributed by atoms with Gasteiger partial charge in [-0.3, -0.25) is 4.99 Å². The summed E-state index contributed by atoms with van der Waals surface area (Å²) in [4.78, 5) is 5.59. The van der Waals surface area contributed by atoms with E-state index < -0.39 is 0 Å². The van der Waals surface area contributed by atoms with Gasteiger partial charge in [0.2, 0.25) is 0 Å². The molecule has 0 unspecified atom stereocenters. The topological polar surface area (TPSA) is 54.9 Å². The van der Waals surface area contributed by atoms with Gasteiger partial charge in [0.1, 0.15) is 0 Å². The lowest BCUT2D eigenvalue weighted by atomic mass is 10.2. The summed E-state index contributed by atoms with van der Waals surface area (Å²) in [6.45, 7) is 6.12. The average Bonchev–Trinajstić information content (AvgIpc) is 3.00. The third-order valence-corrected chi connectivity index (χ3v) is 4.62. The van der Waals surface area contributed by atoms with Gasteiger partial charge in [0.15, 0.2) is 17.5 Å². The minimum atomic E-state index is 0.608. The van der Waals surface area contributed by atoms with Gasteiger partial charge in [-0.05, 0) is 48.6 Å². The monoisotopic (exact) mass is 347 g/mol. The second-order valence-corrected chi connectivity index (χ2v) is 6.23. The van der Waals surface area contributed by atoms with E-state index in [9.17, 15) is 0 Å². The lowest BCUT2D eigenvalue weighted by Gasteiger charge is -2.14. The van der Waals surface area contributed by atoms with Crippen LogP contribution in [-0.2, 0) is 13.1 Å². The fourth-order valence-corrected chi connectivity index (χ4v) is 3.10. The molecule has 2 rings (SSSR count). The summed E-state index contributed by atoms with van der Waals surface area (Å²) in [5.74, 6) is 2.28. The molecule has 0 aliphatic rings. The molecule has 0 spiro atoms. The highest BCUT2D eigenvalue weighted by atomic mass is 32.1. The number of aryl methyl sites for hydroxylation is 1. The second kappa shape index (κ2) is 9.17. The van der Waals surface area contributed by atoms with Crippen molar-refractivity contribution in [1.29, 1.82) is 0 Å². The summed E-state index contributed by atoms with van der Waals surface area (Å²) in [5, 5.41) is 8.77. The number of guanidine groups is 1. The Morgan fingerprint density at radius 3 is 2.58 bits per heavy atom. The van der Waals surface area contributed by atoms with Crippen LogP contribution >= 0.6 is 11.3 Å². The quantitative estimate of drug-likeness (QED) is 0.596. The number of rotatable bonds is 7. The number of hydrogen-bond donors (Lipinski definition) is 2. The highest BCUT2D eigenvalue weighted by Crippen LogP contribution is 2.27. The zero-order valence-corrected chi connectivity index (χ0v) is 15.5. The number of hydrogen-bond acceptors (Lipinski definition) is 4. The Morgan fingerprint density at radius 2 is 1.96 bits per heavy atom. The van der Waals surface area contributed by atoms with Crippen molar-refractivity contribution in [2.75, 3.05) is 20.8 Å². The fourth-order valence-electron chi connectivity index (χ4n) is 2.25. The lowest BCUT2D eigenvalue weighted by Crippen LogP contribution is -2.36. The summed E-state index contributed by atoms with van der Waals surface area (Å²) in [6.07, 6.45) is 0. The summed E-state index contributed by atoms with van der Waals surface area (Å²) in [6, 6.07) is 8.06. The van der Waals surface area contributed by atoms with E-state index in [2.05, 4.69) is 34.0 Å². The van der Waals surface area contributed by atoms with E-state index in [0.717, 1.165) is 29.6 Å². The maximum atomic E-state index is 5.61. The predicted octanol–water partition coefficient (Wildman–Crippen LogP) is 3.33. The van der Waals surface area contributed by atoms with Crippen LogP contribution in [0.4, 0.5) is 0 Å². The molecule has 1 aromatic carbocycles. The minimum absolute atomic E-state index is 0.608. The summed E-state index contributed by atoms with van der Waals surface area (Å²) < 4.78 is 10.9. The smallest absolute Gasteiger partial charge is 0.191 e. The first-order chi connectivity index (χ1) is 11.7. The summed E-state index contributed by atoms with van der Waals surface area (Å²) in [7, 11) is 3.42. The Bertz CT molecular complexity index is 683. The zero-order chi connectivity index (χ0) is 17.4. The van der Waals surface area contributed by atoms with Crippen molar-refractivity contribution < 1.29 is 9.47 Å². The molecule has 1 heterocycles. The Hall–Kier alpha value is -2.21. The van der Waals surface area contributed by atoms with Crippen molar-refractivity contribution >= 4 is 17.3 Å². The van der Waals surface area contributed by atoms with Crippen molar-refractivity contribution in [2.45, 2.75) is 26.9 Å². The first kappa shape index (κ1) is 18.1. The molecule has 0 radical (unpaired) electrons. The van der Waals surface area contributed by atoms with E-state index in [0.29, 0.717) is 13.2 Å². The third-order valence-electron chi connectivity index (χ3n) is 3.60. The number of aliphatic imine (C=N–C) groups is 1. The van der Waals surface area contributed by atoms with Gasteiger partial charge in [-0.15, -0.1) is 11.3 Å². The molecule has 0 bridgehead atoms. The molecule has 0 saturated carbocycles. The molecule has 2 aromatic rings. The van der Waals surface area contributed by atoms with E-state index >= 15 is 0 Å². The molecule has 0 aliphatic carbocycles. The lowest BCUT2D eigenvalue weighted by molar-refractivity contribution is 0.310. The Kier molecular flexibility index (Phi) is 6.93. The van der Waals surface area contributed by atoms with Gasteiger partial charge in [-0.25, -0.2) is 0 Å².